The number of rotatable bonds is 5. The van der Waals surface area contributed by atoms with Crippen molar-refractivity contribution in [3.63, 3.8) is 0 Å². The molecule has 1 fully saturated rings. The maximum Gasteiger partial charge on any atom is 0.272 e. The highest BCUT2D eigenvalue weighted by Gasteiger charge is 2.16. The number of aromatic amines is 1. The molecule has 0 saturated carbocycles. The van der Waals surface area contributed by atoms with E-state index in [0.717, 1.165) is 30.5 Å². The zero-order chi connectivity index (χ0) is 18.8. The van der Waals surface area contributed by atoms with E-state index in [-0.39, 0.29) is 17.6 Å². The molecule has 1 aromatic carbocycles. The largest absolute Gasteiger partial charge is 0.376 e. The summed E-state index contributed by atoms with van der Waals surface area (Å²) in [7, 11) is 0. The Hall–Kier alpha value is -2.29. The van der Waals surface area contributed by atoms with Crippen LogP contribution in [0, 0.1) is 4.77 Å². The number of thiophene rings is 1. The van der Waals surface area contributed by atoms with Gasteiger partial charge < -0.3 is 15.0 Å². The quantitative estimate of drug-likeness (QED) is 0.644. The molecular weight excluding hydrogens is 382 g/mol. The maximum atomic E-state index is 12.6. The Morgan fingerprint density at radius 2 is 2.15 bits per heavy atom. The Kier molecular flexibility index (Phi) is 5.20. The molecule has 1 amide bonds. The molecule has 0 unspecified atom stereocenters. The minimum absolute atomic E-state index is 0.0952. The van der Waals surface area contributed by atoms with Gasteiger partial charge >= 0.3 is 0 Å². The predicted octanol–water partition coefficient (Wildman–Crippen LogP) is 3.08. The normalized spacial score (nSPS) is 16.7. The van der Waals surface area contributed by atoms with E-state index in [0.29, 0.717) is 28.1 Å². The molecular formula is C19H19N3O3S2. The summed E-state index contributed by atoms with van der Waals surface area (Å²) in [6.45, 7) is 1.67. The SMILES string of the molecule is O=C(NC[C@H]1CCCO1)c1ccc(Cn2c(=S)[nH]c3ccsc3c2=O)cc1. The fourth-order valence-corrected chi connectivity index (χ4v) is 4.23. The van der Waals surface area contributed by atoms with Crippen LogP contribution in [0.2, 0.25) is 0 Å². The molecule has 1 aliphatic heterocycles. The van der Waals surface area contributed by atoms with Crippen LogP contribution in [-0.4, -0.2) is 34.7 Å². The molecule has 2 aromatic heterocycles. The molecule has 1 saturated heterocycles. The average molecular weight is 402 g/mol. The maximum absolute atomic E-state index is 12.6. The monoisotopic (exact) mass is 401 g/mol. The lowest BCUT2D eigenvalue weighted by Gasteiger charge is -2.11. The summed E-state index contributed by atoms with van der Waals surface area (Å²) in [5.41, 5.74) is 2.16. The number of aromatic nitrogens is 2. The molecule has 1 atom stereocenters. The zero-order valence-corrected chi connectivity index (χ0v) is 16.2. The summed E-state index contributed by atoms with van der Waals surface area (Å²) < 4.78 is 8.11. The summed E-state index contributed by atoms with van der Waals surface area (Å²) in [5, 5.41) is 4.77. The van der Waals surface area contributed by atoms with E-state index < -0.39 is 0 Å². The van der Waals surface area contributed by atoms with E-state index in [1.54, 1.807) is 16.7 Å². The smallest absolute Gasteiger partial charge is 0.272 e. The molecule has 140 valence electrons. The third-order valence-electron chi connectivity index (χ3n) is 4.66. The van der Waals surface area contributed by atoms with Gasteiger partial charge in [-0.3, -0.25) is 14.2 Å². The fraction of sp³-hybridized carbons (Fsp3) is 0.316. The summed E-state index contributed by atoms with van der Waals surface area (Å²) >= 11 is 6.72. The Morgan fingerprint density at radius 3 is 2.89 bits per heavy atom. The van der Waals surface area contributed by atoms with Crippen LogP contribution in [0.1, 0.15) is 28.8 Å². The molecule has 2 N–H and O–H groups in total. The van der Waals surface area contributed by atoms with Gasteiger partial charge in [-0.1, -0.05) is 12.1 Å². The molecule has 0 aliphatic carbocycles. The first-order valence-corrected chi connectivity index (χ1v) is 10.1. The highest BCUT2D eigenvalue weighted by molar-refractivity contribution is 7.71. The lowest BCUT2D eigenvalue weighted by atomic mass is 10.1. The second kappa shape index (κ2) is 7.75. The van der Waals surface area contributed by atoms with Gasteiger partial charge in [0.15, 0.2) is 4.77 Å². The number of H-pyrrole nitrogens is 1. The van der Waals surface area contributed by atoms with Crippen LogP contribution in [0.25, 0.3) is 10.2 Å². The summed E-state index contributed by atoms with van der Waals surface area (Å²) in [6, 6.07) is 9.08. The summed E-state index contributed by atoms with van der Waals surface area (Å²) in [5.74, 6) is -0.119. The van der Waals surface area contributed by atoms with Crippen molar-refractivity contribution in [2.75, 3.05) is 13.2 Å². The minimum atomic E-state index is -0.119. The van der Waals surface area contributed by atoms with Crippen molar-refractivity contribution < 1.29 is 9.53 Å². The first-order chi connectivity index (χ1) is 13.1. The Balaban J connectivity index is 1.47. The Morgan fingerprint density at radius 1 is 1.33 bits per heavy atom. The summed E-state index contributed by atoms with van der Waals surface area (Å²) in [4.78, 5) is 28.0. The molecule has 0 bridgehead atoms. The van der Waals surface area contributed by atoms with Gasteiger partial charge in [0.1, 0.15) is 4.70 Å². The minimum Gasteiger partial charge on any atom is -0.376 e. The van der Waals surface area contributed by atoms with Gasteiger partial charge in [-0.05, 0) is 54.2 Å². The van der Waals surface area contributed by atoms with Crippen molar-refractivity contribution in [3.05, 3.63) is 62.0 Å². The van der Waals surface area contributed by atoms with Crippen LogP contribution >= 0.6 is 23.6 Å². The molecule has 3 aromatic rings. The van der Waals surface area contributed by atoms with Gasteiger partial charge in [0.05, 0.1) is 18.2 Å². The first-order valence-electron chi connectivity index (χ1n) is 8.81. The van der Waals surface area contributed by atoms with Crippen molar-refractivity contribution in [2.24, 2.45) is 0 Å². The number of hydrogen-bond acceptors (Lipinski definition) is 5. The lowest BCUT2D eigenvalue weighted by molar-refractivity contribution is 0.0858. The number of carbonyl (C=O) groups excluding carboxylic acids is 1. The third-order valence-corrected chi connectivity index (χ3v) is 5.89. The van der Waals surface area contributed by atoms with Crippen LogP contribution in [0.4, 0.5) is 0 Å². The van der Waals surface area contributed by atoms with Gasteiger partial charge in [-0.15, -0.1) is 11.3 Å². The molecule has 0 spiro atoms. The van der Waals surface area contributed by atoms with E-state index in [2.05, 4.69) is 10.3 Å². The van der Waals surface area contributed by atoms with E-state index in [4.69, 9.17) is 17.0 Å². The number of nitrogens with one attached hydrogen (secondary N) is 2. The zero-order valence-electron chi connectivity index (χ0n) is 14.6. The van der Waals surface area contributed by atoms with Crippen LogP contribution in [0.5, 0.6) is 0 Å². The number of ether oxygens (including phenoxy) is 1. The fourth-order valence-electron chi connectivity index (χ4n) is 3.17. The van der Waals surface area contributed by atoms with Gasteiger partial charge in [-0.25, -0.2) is 0 Å². The van der Waals surface area contributed by atoms with E-state index in [9.17, 15) is 9.59 Å². The molecule has 0 radical (unpaired) electrons. The van der Waals surface area contributed by atoms with Gasteiger partial charge in [-0.2, -0.15) is 0 Å². The molecule has 6 nitrogen and oxygen atoms in total. The topological polar surface area (TPSA) is 76.1 Å². The third kappa shape index (κ3) is 3.87. The number of amides is 1. The molecule has 3 heterocycles. The van der Waals surface area contributed by atoms with Crippen molar-refractivity contribution in [1.82, 2.24) is 14.9 Å². The van der Waals surface area contributed by atoms with Crippen LogP contribution in [0.15, 0.2) is 40.5 Å². The number of carbonyl (C=O) groups is 1. The molecule has 8 heteroatoms. The Bertz CT molecular complexity index is 1080. The van der Waals surface area contributed by atoms with Crippen molar-refractivity contribution >= 4 is 39.7 Å². The van der Waals surface area contributed by atoms with Gasteiger partial charge in [0.2, 0.25) is 0 Å². The second-order valence-electron chi connectivity index (χ2n) is 6.53. The van der Waals surface area contributed by atoms with Crippen molar-refractivity contribution in [1.29, 1.82) is 0 Å². The highest BCUT2D eigenvalue weighted by Crippen LogP contribution is 2.15. The highest BCUT2D eigenvalue weighted by atomic mass is 32.1. The van der Waals surface area contributed by atoms with Crippen LogP contribution in [-0.2, 0) is 11.3 Å². The lowest BCUT2D eigenvalue weighted by Crippen LogP contribution is -2.31. The number of nitrogens with zero attached hydrogens (tertiary/aromatic N) is 1. The molecule has 1 aliphatic rings. The predicted molar refractivity (Wildman–Crippen MR) is 108 cm³/mol. The second-order valence-corrected chi connectivity index (χ2v) is 7.83. The number of hydrogen-bond donors (Lipinski definition) is 2. The van der Waals surface area contributed by atoms with Crippen LogP contribution < -0.4 is 10.9 Å². The van der Waals surface area contributed by atoms with Gasteiger partial charge in [0.25, 0.3) is 11.5 Å². The summed E-state index contributed by atoms with van der Waals surface area (Å²) in [6.07, 6.45) is 2.16. The van der Waals surface area contributed by atoms with Crippen molar-refractivity contribution in [3.8, 4) is 0 Å². The number of fused-ring (bicyclic) bond motifs is 1. The Labute approximate surface area is 164 Å². The van der Waals surface area contributed by atoms with Gasteiger partial charge in [0, 0.05) is 18.7 Å². The van der Waals surface area contributed by atoms with Crippen LogP contribution in [0.3, 0.4) is 0 Å². The molecule has 27 heavy (non-hydrogen) atoms. The van der Waals surface area contributed by atoms with Crippen molar-refractivity contribution in [2.45, 2.75) is 25.5 Å². The van der Waals surface area contributed by atoms with E-state index in [1.165, 1.54) is 11.3 Å². The first kappa shape index (κ1) is 18.1. The average Bonchev–Trinajstić information content (AvgIpc) is 3.35. The van der Waals surface area contributed by atoms with E-state index in [1.807, 2.05) is 23.6 Å². The number of benzene rings is 1. The van der Waals surface area contributed by atoms with E-state index >= 15 is 0 Å². The standard InChI is InChI=1S/C19H19N3O3S2/c23-17(20-10-14-2-1-8-25-14)13-5-3-12(4-6-13)11-22-18(24)16-15(7-9-27-16)21-19(22)26/h3-7,9,14H,1-2,8,10-11H2,(H,20,23)(H,21,26)/t14-/m1/s1. The molecule has 4 rings (SSSR count).